The Kier molecular flexibility index (Phi) is 5.69. The van der Waals surface area contributed by atoms with Crippen LogP contribution in [0.3, 0.4) is 0 Å². The number of hydrogen-bond acceptors (Lipinski definition) is 4. The highest BCUT2D eigenvalue weighted by Gasteiger charge is 2.27. The van der Waals surface area contributed by atoms with Crippen molar-refractivity contribution in [3.63, 3.8) is 0 Å². The van der Waals surface area contributed by atoms with Crippen LogP contribution < -0.4 is 0 Å². The van der Waals surface area contributed by atoms with E-state index >= 15 is 0 Å². The number of benzene rings is 1. The molecule has 0 radical (unpaired) electrons. The molecule has 166 valence electrons. The van der Waals surface area contributed by atoms with Crippen LogP contribution in [-0.4, -0.2) is 43.6 Å². The number of halogens is 1. The molecule has 1 aliphatic rings. The molecule has 1 amide bonds. The van der Waals surface area contributed by atoms with Crippen molar-refractivity contribution in [3.05, 3.63) is 90.3 Å². The lowest BCUT2D eigenvalue weighted by molar-refractivity contribution is 0.0700. The van der Waals surface area contributed by atoms with Crippen LogP contribution in [-0.2, 0) is 7.05 Å². The molecule has 1 aromatic carbocycles. The Hall–Kier alpha value is -3.87. The summed E-state index contributed by atoms with van der Waals surface area (Å²) in [5.74, 6) is -0.284. The number of carbonyl (C=O) groups excluding carboxylic acids is 1. The van der Waals surface area contributed by atoms with E-state index in [1.54, 1.807) is 35.1 Å². The minimum Gasteiger partial charge on any atom is -0.337 e. The van der Waals surface area contributed by atoms with E-state index in [1.807, 2.05) is 48.5 Å². The van der Waals surface area contributed by atoms with Gasteiger partial charge < -0.3 is 4.90 Å². The number of carbonyl (C=O) groups is 1. The van der Waals surface area contributed by atoms with Crippen LogP contribution in [0, 0.1) is 5.82 Å². The van der Waals surface area contributed by atoms with Crippen molar-refractivity contribution < 1.29 is 9.18 Å². The zero-order valence-electron chi connectivity index (χ0n) is 18.4. The van der Waals surface area contributed by atoms with Gasteiger partial charge in [-0.2, -0.15) is 5.10 Å². The summed E-state index contributed by atoms with van der Waals surface area (Å²) in [6.07, 6.45) is 5.43. The van der Waals surface area contributed by atoms with E-state index in [4.69, 9.17) is 4.98 Å². The maximum Gasteiger partial charge on any atom is 0.272 e. The fraction of sp³-hybridized carbons (Fsp3) is 0.231. The van der Waals surface area contributed by atoms with Crippen LogP contribution in [0.15, 0.2) is 73.1 Å². The summed E-state index contributed by atoms with van der Waals surface area (Å²) in [7, 11) is 1.85. The molecule has 0 aliphatic carbocycles. The molecule has 1 atom stereocenters. The monoisotopic (exact) mass is 441 g/mol. The van der Waals surface area contributed by atoms with E-state index in [0.29, 0.717) is 30.0 Å². The van der Waals surface area contributed by atoms with E-state index in [9.17, 15) is 9.18 Å². The predicted molar refractivity (Wildman–Crippen MR) is 124 cm³/mol. The van der Waals surface area contributed by atoms with Crippen LogP contribution in [0.5, 0.6) is 0 Å². The molecule has 0 saturated carbocycles. The van der Waals surface area contributed by atoms with Crippen molar-refractivity contribution >= 4 is 5.91 Å². The molecule has 0 unspecified atom stereocenters. The van der Waals surface area contributed by atoms with Gasteiger partial charge in [0.1, 0.15) is 11.5 Å². The summed E-state index contributed by atoms with van der Waals surface area (Å²) < 4.78 is 16.0. The number of nitrogens with zero attached hydrogens (tertiary/aromatic N) is 5. The summed E-state index contributed by atoms with van der Waals surface area (Å²) in [5.41, 5.74) is 3.99. The minimum absolute atomic E-state index is 0.0873. The highest BCUT2D eigenvalue weighted by atomic mass is 19.1. The molecule has 33 heavy (non-hydrogen) atoms. The van der Waals surface area contributed by atoms with Gasteiger partial charge in [0.25, 0.3) is 5.91 Å². The highest BCUT2D eigenvalue weighted by molar-refractivity contribution is 5.93. The summed E-state index contributed by atoms with van der Waals surface area (Å²) in [6, 6.07) is 17.8. The van der Waals surface area contributed by atoms with Crippen molar-refractivity contribution in [1.29, 1.82) is 0 Å². The van der Waals surface area contributed by atoms with Gasteiger partial charge in [0.15, 0.2) is 0 Å². The second kappa shape index (κ2) is 8.94. The van der Waals surface area contributed by atoms with Gasteiger partial charge in [-0.15, -0.1) is 0 Å². The molecule has 4 aromatic rings. The van der Waals surface area contributed by atoms with Gasteiger partial charge in [0, 0.05) is 49.1 Å². The molecule has 3 aromatic heterocycles. The van der Waals surface area contributed by atoms with Crippen LogP contribution in [0.4, 0.5) is 4.39 Å². The predicted octanol–water partition coefficient (Wildman–Crippen LogP) is 4.70. The number of aryl methyl sites for hydroxylation is 1. The van der Waals surface area contributed by atoms with Gasteiger partial charge >= 0.3 is 0 Å². The number of rotatable bonds is 4. The molecular weight excluding hydrogens is 417 g/mol. The fourth-order valence-corrected chi connectivity index (χ4v) is 4.33. The topological polar surface area (TPSA) is 63.9 Å². The molecule has 1 aliphatic heterocycles. The summed E-state index contributed by atoms with van der Waals surface area (Å²) >= 11 is 0. The fourth-order valence-electron chi connectivity index (χ4n) is 4.33. The van der Waals surface area contributed by atoms with E-state index < -0.39 is 0 Å². The number of aromatic nitrogens is 4. The Morgan fingerprint density at radius 3 is 2.64 bits per heavy atom. The van der Waals surface area contributed by atoms with E-state index in [1.165, 1.54) is 6.07 Å². The molecule has 7 heteroatoms. The average Bonchev–Trinajstić information content (AvgIpc) is 3.30. The second-order valence-electron chi connectivity index (χ2n) is 8.33. The molecular formula is C26H24FN5O. The number of hydrogen-bond donors (Lipinski definition) is 0. The molecule has 6 nitrogen and oxygen atoms in total. The van der Waals surface area contributed by atoms with Crippen LogP contribution in [0.25, 0.3) is 22.5 Å². The molecule has 5 rings (SSSR count). The Morgan fingerprint density at radius 2 is 1.82 bits per heavy atom. The zero-order chi connectivity index (χ0) is 22.8. The third-order valence-electron chi connectivity index (χ3n) is 6.02. The largest absolute Gasteiger partial charge is 0.337 e. The highest BCUT2D eigenvalue weighted by Crippen LogP contribution is 2.29. The summed E-state index contributed by atoms with van der Waals surface area (Å²) in [4.78, 5) is 24.5. The van der Waals surface area contributed by atoms with E-state index in [-0.39, 0.29) is 17.6 Å². The van der Waals surface area contributed by atoms with Crippen LogP contribution in [0.2, 0.25) is 0 Å². The van der Waals surface area contributed by atoms with Crippen molar-refractivity contribution in [1.82, 2.24) is 24.6 Å². The molecule has 0 spiro atoms. The van der Waals surface area contributed by atoms with Gasteiger partial charge in [0.2, 0.25) is 0 Å². The normalized spacial score (nSPS) is 16.1. The summed E-state index contributed by atoms with van der Waals surface area (Å²) in [6.45, 7) is 1.24. The first-order valence-electron chi connectivity index (χ1n) is 11.1. The first-order valence-corrected chi connectivity index (χ1v) is 11.1. The van der Waals surface area contributed by atoms with E-state index in [0.717, 1.165) is 29.8 Å². The van der Waals surface area contributed by atoms with Gasteiger partial charge in [-0.3, -0.25) is 14.5 Å². The van der Waals surface area contributed by atoms with Gasteiger partial charge in [0.05, 0.1) is 17.6 Å². The Balaban J connectivity index is 1.36. The molecule has 1 fully saturated rings. The molecule has 0 bridgehead atoms. The minimum atomic E-state index is -0.290. The van der Waals surface area contributed by atoms with E-state index in [2.05, 4.69) is 10.1 Å². The number of amides is 1. The lowest BCUT2D eigenvalue weighted by atomic mass is 9.93. The van der Waals surface area contributed by atoms with Gasteiger partial charge in [-0.05, 0) is 49.2 Å². The molecule has 4 heterocycles. The lowest BCUT2D eigenvalue weighted by Gasteiger charge is -2.32. The lowest BCUT2D eigenvalue weighted by Crippen LogP contribution is -2.39. The summed E-state index contributed by atoms with van der Waals surface area (Å²) in [5, 5.41) is 4.19. The molecule has 0 N–H and O–H groups in total. The zero-order valence-corrected chi connectivity index (χ0v) is 18.4. The number of piperidine rings is 1. The van der Waals surface area contributed by atoms with Crippen molar-refractivity contribution in [2.75, 3.05) is 13.1 Å². The first-order chi connectivity index (χ1) is 16.1. The maximum atomic E-state index is 14.3. The average molecular weight is 442 g/mol. The standard InChI is InChI=1S/C26H24FN5O/c1-31-16-19(15-28-31)23-11-5-13-25(30-23)26(33)32-14-6-7-18(17-32)22-10-4-12-24(29-22)20-8-2-3-9-21(20)27/h2-5,8-13,15-16,18H,6-7,14,17H2,1H3/t18-/m0/s1. The van der Waals surface area contributed by atoms with Crippen molar-refractivity contribution in [2.45, 2.75) is 18.8 Å². The van der Waals surface area contributed by atoms with Crippen LogP contribution >= 0.6 is 0 Å². The van der Waals surface area contributed by atoms with Crippen molar-refractivity contribution in [2.24, 2.45) is 7.05 Å². The van der Waals surface area contributed by atoms with Crippen molar-refractivity contribution in [3.8, 4) is 22.5 Å². The quantitative estimate of drug-likeness (QED) is 0.460. The number of likely N-dealkylation sites (tertiary alicyclic amines) is 1. The van der Waals surface area contributed by atoms with Gasteiger partial charge in [-0.25, -0.2) is 9.37 Å². The van der Waals surface area contributed by atoms with Crippen LogP contribution in [0.1, 0.15) is 34.9 Å². The Labute approximate surface area is 191 Å². The van der Waals surface area contributed by atoms with Gasteiger partial charge in [-0.1, -0.05) is 24.3 Å². The number of pyridine rings is 2. The third kappa shape index (κ3) is 4.39. The smallest absolute Gasteiger partial charge is 0.272 e. The molecule has 1 saturated heterocycles. The Bertz CT molecular complexity index is 1300. The second-order valence-corrected chi connectivity index (χ2v) is 8.33. The Morgan fingerprint density at radius 1 is 1.00 bits per heavy atom. The maximum absolute atomic E-state index is 14.3. The first kappa shape index (κ1) is 21.0. The SMILES string of the molecule is Cn1cc(-c2cccc(C(=O)N3CCC[C@H](c4cccc(-c5ccccc5F)n4)C3)n2)cn1. The third-order valence-corrected chi connectivity index (χ3v) is 6.02.